The first-order valence-corrected chi connectivity index (χ1v) is 7.39. The first kappa shape index (κ1) is 15.6. The van der Waals surface area contributed by atoms with E-state index < -0.39 is 0 Å². The highest BCUT2D eigenvalue weighted by Crippen LogP contribution is 2.13. The van der Waals surface area contributed by atoms with Crippen LogP contribution in [0.5, 0.6) is 0 Å². The van der Waals surface area contributed by atoms with Gasteiger partial charge in [-0.2, -0.15) is 0 Å². The molecule has 0 unspecified atom stereocenters. The molecule has 4 heteroatoms. The van der Waals surface area contributed by atoms with E-state index in [1.165, 1.54) is 0 Å². The Balaban J connectivity index is 2.14. The quantitative estimate of drug-likeness (QED) is 0.786. The average Bonchev–Trinajstić information content (AvgIpc) is 2.70. The van der Waals surface area contributed by atoms with Gasteiger partial charge in [0.25, 0.3) is 5.91 Å². The van der Waals surface area contributed by atoms with Crippen LogP contribution in [0, 0.1) is 18.8 Å². The Morgan fingerprint density at radius 1 is 1.29 bits per heavy atom. The first-order chi connectivity index (χ1) is 10.1. The fraction of sp³-hybridized carbons (Fsp3) is 0.471. The number of hydrogen-bond acceptors (Lipinski definition) is 3. The summed E-state index contributed by atoms with van der Waals surface area (Å²) in [5, 5.41) is 0. The second kappa shape index (κ2) is 7.26. The predicted molar refractivity (Wildman–Crippen MR) is 85.1 cm³/mol. The summed E-state index contributed by atoms with van der Waals surface area (Å²) in [6, 6.07) is 5.71. The molecule has 2 rings (SSSR count). The van der Waals surface area contributed by atoms with Gasteiger partial charge in [-0.05, 0) is 50.7 Å². The number of rotatable bonds is 1. The molecule has 0 aromatic heterocycles. The summed E-state index contributed by atoms with van der Waals surface area (Å²) in [7, 11) is 2.10. The SMILES string of the molecule is Cc1cc(C(=O)N2CCCN(C)CC2)ccc1C#CCN. The number of carbonyl (C=O) groups excluding carboxylic acids is 1. The first-order valence-electron chi connectivity index (χ1n) is 7.39. The molecule has 1 amide bonds. The highest BCUT2D eigenvalue weighted by Gasteiger charge is 2.19. The van der Waals surface area contributed by atoms with Crippen molar-refractivity contribution in [1.29, 1.82) is 0 Å². The van der Waals surface area contributed by atoms with Crippen LogP contribution in [0.2, 0.25) is 0 Å². The number of amides is 1. The number of aryl methyl sites for hydroxylation is 1. The van der Waals surface area contributed by atoms with Crippen molar-refractivity contribution in [3.05, 3.63) is 34.9 Å². The number of likely N-dealkylation sites (N-methyl/N-ethyl adjacent to an activating group) is 1. The van der Waals surface area contributed by atoms with E-state index in [0.29, 0.717) is 6.54 Å². The van der Waals surface area contributed by atoms with Gasteiger partial charge in [0.05, 0.1) is 6.54 Å². The molecule has 0 saturated carbocycles. The Hall–Kier alpha value is -1.83. The Labute approximate surface area is 126 Å². The summed E-state index contributed by atoms with van der Waals surface area (Å²) in [5.41, 5.74) is 8.09. The normalized spacial score (nSPS) is 16.0. The third-order valence-electron chi connectivity index (χ3n) is 3.81. The Morgan fingerprint density at radius 3 is 2.81 bits per heavy atom. The van der Waals surface area contributed by atoms with Crippen molar-refractivity contribution >= 4 is 5.91 Å². The smallest absolute Gasteiger partial charge is 0.253 e. The van der Waals surface area contributed by atoms with Gasteiger partial charge in [0.2, 0.25) is 0 Å². The molecule has 1 aromatic rings. The molecule has 0 aliphatic carbocycles. The number of nitrogens with zero attached hydrogens (tertiary/aromatic N) is 2. The second-order valence-corrected chi connectivity index (χ2v) is 5.48. The molecule has 1 aliphatic heterocycles. The fourth-order valence-electron chi connectivity index (χ4n) is 2.52. The monoisotopic (exact) mass is 285 g/mol. The van der Waals surface area contributed by atoms with Crippen molar-refractivity contribution in [3.63, 3.8) is 0 Å². The number of benzene rings is 1. The van der Waals surface area contributed by atoms with Crippen LogP contribution < -0.4 is 5.73 Å². The molecular formula is C17H23N3O. The van der Waals surface area contributed by atoms with Crippen molar-refractivity contribution in [3.8, 4) is 11.8 Å². The van der Waals surface area contributed by atoms with Crippen LogP contribution in [0.15, 0.2) is 18.2 Å². The summed E-state index contributed by atoms with van der Waals surface area (Å²) in [5.74, 6) is 5.99. The van der Waals surface area contributed by atoms with Crippen LogP contribution in [-0.2, 0) is 0 Å². The van der Waals surface area contributed by atoms with Gasteiger partial charge < -0.3 is 15.5 Å². The fourth-order valence-corrected chi connectivity index (χ4v) is 2.52. The summed E-state index contributed by atoms with van der Waals surface area (Å²) in [6.45, 7) is 5.94. The standard InChI is InChI=1S/C17H23N3O/c1-14-13-16(7-6-15(14)5-3-8-18)17(21)20-10-4-9-19(2)11-12-20/h6-7,13H,4,8-12,18H2,1-2H3. The minimum Gasteiger partial charge on any atom is -0.337 e. The lowest BCUT2D eigenvalue weighted by atomic mass is 10.0. The summed E-state index contributed by atoms with van der Waals surface area (Å²) in [4.78, 5) is 16.8. The van der Waals surface area contributed by atoms with Crippen LogP contribution >= 0.6 is 0 Å². The summed E-state index contributed by atoms with van der Waals surface area (Å²) in [6.07, 6.45) is 1.03. The number of nitrogens with two attached hydrogens (primary N) is 1. The van der Waals surface area contributed by atoms with E-state index in [0.717, 1.165) is 49.3 Å². The third kappa shape index (κ3) is 4.07. The van der Waals surface area contributed by atoms with Gasteiger partial charge in [0, 0.05) is 30.8 Å². The van der Waals surface area contributed by atoms with Crippen molar-refractivity contribution < 1.29 is 4.79 Å². The van der Waals surface area contributed by atoms with Crippen LogP contribution in [0.25, 0.3) is 0 Å². The molecule has 1 heterocycles. The predicted octanol–water partition coefficient (Wildman–Crippen LogP) is 1.08. The number of carbonyl (C=O) groups is 1. The number of hydrogen-bond donors (Lipinski definition) is 1. The molecule has 2 N–H and O–H groups in total. The molecule has 1 aliphatic rings. The Kier molecular flexibility index (Phi) is 5.38. The van der Waals surface area contributed by atoms with E-state index in [1.807, 2.05) is 30.0 Å². The summed E-state index contributed by atoms with van der Waals surface area (Å²) >= 11 is 0. The van der Waals surface area contributed by atoms with E-state index >= 15 is 0 Å². The molecule has 112 valence electrons. The van der Waals surface area contributed by atoms with Crippen LogP contribution in [-0.4, -0.2) is 55.5 Å². The largest absolute Gasteiger partial charge is 0.337 e. The molecule has 1 aromatic carbocycles. The van der Waals surface area contributed by atoms with Gasteiger partial charge in [0.15, 0.2) is 0 Å². The van der Waals surface area contributed by atoms with Crippen LogP contribution in [0.3, 0.4) is 0 Å². The maximum absolute atomic E-state index is 12.6. The molecule has 1 fully saturated rings. The highest BCUT2D eigenvalue weighted by molar-refractivity contribution is 5.94. The van der Waals surface area contributed by atoms with Gasteiger partial charge >= 0.3 is 0 Å². The summed E-state index contributed by atoms with van der Waals surface area (Å²) < 4.78 is 0. The van der Waals surface area contributed by atoms with Gasteiger partial charge in [-0.15, -0.1) is 0 Å². The van der Waals surface area contributed by atoms with E-state index in [-0.39, 0.29) is 5.91 Å². The van der Waals surface area contributed by atoms with Gasteiger partial charge in [-0.3, -0.25) is 4.79 Å². The van der Waals surface area contributed by atoms with Crippen molar-refractivity contribution in [2.24, 2.45) is 5.73 Å². The molecule has 0 bridgehead atoms. The molecule has 4 nitrogen and oxygen atoms in total. The minimum atomic E-state index is 0.117. The van der Waals surface area contributed by atoms with E-state index in [9.17, 15) is 4.79 Å². The van der Waals surface area contributed by atoms with E-state index in [4.69, 9.17) is 5.73 Å². The van der Waals surface area contributed by atoms with Crippen LogP contribution in [0.4, 0.5) is 0 Å². The zero-order chi connectivity index (χ0) is 15.2. The second-order valence-electron chi connectivity index (χ2n) is 5.48. The molecular weight excluding hydrogens is 262 g/mol. The van der Waals surface area contributed by atoms with Crippen molar-refractivity contribution in [2.45, 2.75) is 13.3 Å². The molecule has 21 heavy (non-hydrogen) atoms. The average molecular weight is 285 g/mol. The lowest BCUT2D eigenvalue weighted by Crippen LogP contribution is -2.34. The third-order valence-corrected chi connectivity index (χ3v) is 3.81. The van der Waals surface area contributed by atoms with Crippen molar-refractivity contribution in [1.82, 2.24) is 9.80 Å². The van der Waals surface area contributed by atoms with Gasteiger partial charge in [0.1, 0.15) is 0 Å². The van der Waals surface area contributed by atoms with E-state index in [1.54, 1.807) is 0 Å². The molecule has 1 saturated heterocycles. The zero-order valence-electron chi connectivity index (χ0n) is 12.9. The zero-order valence-corrected chi connectivity index (χ0v) is 12.9. The van der Waals surface area contributed by atoms with Crippen LogP contribution in [0.1, 0.15) is 27.9 Å². The Morgan fingerprint density at radius 2 is 2.10 bits per heavy atom. The maximum atomic E-state index is 12.6. The van der Waals surface area contributed by atoms with Crippen molar-refractivity contribution in [2.75, 3.05) is 39.8 Å². The molecule has 0 atom stereocenters. The van der Waals surface area contributed by atoms with Gasteiger partial charge in [-0.1, -0.05) is 11.8 Å². The maximum Gasteiger partial charge on any atom is 0.253 e. The highest BCUT2D eigenvalue weighted by atomic mass is 16.2. The lowest BCUT2D eigenvalue weighted by Gasteiger charge is -2.21. The molecule has 0 spiro atoms. The molecule has 0 radical (unpaired) electrons. The topological polar surface area (TPSA) is 49.6 Å². The van der Waals surface area contributed by atoms with E-state index in [2.05, 4.69) is 23.8 Å². The lowest BCUT2D eigenvalue weighted by molar-refractivity contribution is 0.0762. The Bertz CT molecular complexity index is 571. The van der Waals surface area contributed by atoms with Gasteiger partial charge in [-0.25, -0.2) is 0 Å². The minimum absolute atomic E-state index is 0.117.